The molecule has 4 amide bonds. The SMILES string of the molecule is CCC(=O)Nc1ccc(C(=O)CN2C(=O)[C@@H](C)N(c3ccc(F)cc3)C2=O)cc1. The van der Waals surface area contributed by atoms with Crippen LogP contribution in [0.15, 0.2) is 48.5 Å². The molecule has 1 heterocycles. The van der Waals surface area contributed by atoms with Crippen molar-refractivity contribution in [2.45, 2.75) is 26.3 Å². The van der Waals surface area contributed by atoms with Crippen LogP contribution in [0.2, 0.25) is 0 Å². The second-order valence-corrected chi connectivity index (χ2v) is 6.63. The Morgan fingerprint density at radius 1 is 1.03 bits per heavy atom. The number of ketones is 1. The Kier molecular flexibility index (Phi) is 5.72. The van der Waals surface area contributed by atoms with Gasteiger partial charge in [0.05, 0.1) is 6.54 Å². The highest BCUT2D eigenvalue weighted by atomic mass is 19.1. The maximum absolute atomic E-state index is 13.2. The van der Waals surface area contributed by atoms with Crippen molar-refractivity contribution in [3.63, 3.8) is 0 Å². The van der Waals surface area contributed by atoms with Crippen LogP contribution < -0.4 is 10.2 Å². The monoisotopic (exact) mass is 397 g/mol. The second-order valence-electron chi connectivity index (χ2n) is 6.63. The fraction of sp³-hybridized carbons (Fsp3) is 0.238. The zero-order chi connectivity index (χ0) is 21.1. The van der Waals surface area contributed by atoms with E-state index in [1.165, 1.54) is 41.3 Å². The maximum atomic E-state index is 13.2. The van der Waals surface area contributed by atoms with Gasteiger partial charge in [-0.15, -0.1) is 0 Å². The molecule has 2 aromatic carbocycles. The van der Waals surface area contributed by atoms with Gasteiger partial charge in [-0.25, -0.2) is 9.18 Å². The molecule has 1 aliphatic heterocycles. The van der Waals surface area contributed by atoms with Crippen LogP contribution in [0.4, 0.5) is 20.6 Å². The minimum Gasteiger partial charge on any atom is -0.326 e. The molecule has 1 fully saturated rings. The number of urea groups is 1. The molecule has 7 nitrogen and oxygen atoms in total. The Bertz CT molecular complexity index is 957. The first-order valence-electron chi connectivity index (χ1n) is 9.15. The van der Waals surface area contributed by atoms with E-state index in [0.29, 0.717) is 23.4 Å². The fourth-order valence-electron chi connectivity index (χ4n) is 3.03. The Morgan fingerprint density at radius 2 is 1.66 bits per heavy atom. The van der Waals surface area contributed by atoms with Crippen molar-refractivity contribution in [3.05, 3.63) is 59.9 Å². The van der Waals surface area contributed by atoms with Gasteiger partial charge in [0.1, 0.15) is 11.9 Å². The van der Waals surface area contributed by atoms with E-state index in [4.69, 9.17) is 0 Å². The molecule has 8 heteroatoms. The Labute approximate surface area is 167 Å². The minimum absolute atomic E-state index is 0.146. The Balaban J connectivity index is 1.73. The number of imide groups is 1. The zero-order valence-corrected chi connectivity index (χ0v) is 16.0. The van der Waals surface area contributed by atoms with Gasteiger partial charge in [-0.1, -0.05) is 6.92 Å². The summed E-state index contributed by atoms with van der Waals surface area (Å²) in [6, 6.07) is 10.0. The van der Waals surface area contributed by atoms with Gasteiger partial charge in [0.15, 0.2) is 5.78 Å². The number of hydrogen-bond acceptors (Lipinski definition) is 4. The van der Waals surface area contributed by atoms with Crippen LogP contribution in [0.25, 0.3) is 0 Å². The lowest BCUT2D eigenvalue weighted by atomic mass is 10.1. The highest BCUT2D eigenvalue weighted by Crippen LogP contribution is 2.26. The smallest absolute Gasteiger partial charge is 0.326 e. The first-order valence-corrected chi connectivity index (χ1v) is 9.15. The normalized spacial score (nSPS) is 16.3. The third-order valence-corrected chi connectivity index (χ3v) is 4.67. The first kappa shape index (κ1) is 20.2. The van der Waals surface area contributed by atoms with E-state index in [9.17, 15) is 23.6 Å². The number of rotatable bonds is 6. The molecule has 0 spiro atoms. The molecule has 1 saturated heterocycles. The number of anilines is 2. The van der Waals surface area contributed by atoms with Gasteiger partial charge in [0.2, 0.25) is 5.91 Å². The van der Waals surface area contributed by atoms with Gasteiger partial charge >= 0.3 is 6.03 Å². The molecule has 150 valence electrons. The summed E-state index contributed by atoms with van der Waals surface area (Å²) < 4.78 is 13.2. The van der Waals surface area contributed by atoms with Crippen molar-refractivity contribution >= 4 is 35.0 Å². The number of hydrogen-bond donors (Lipinski definition) is 1. The highest BCUT2D eigenvalue weighted by Gasteiger charge is 2.44. The zero-order valence-electron chi connectivity index (χ0n) is 16.0. The molecule has 0 aliphatic carbocycles. The lowest BCUT2D eigenvalue weighted by Gasteiger charge is -2.19. The summed E-state index contributed by atoms with van der Waals surface area (Å²) in [5.74, 6) is -1.51. The van der Waals surface area contributed by atoms with E-state index in [1.54, 1.807) is 26.0 Å². The number of nitrogens with one attached hydrogen (secondary N) is 1. The molecule has 1 N–H and O–H groups in total. The largest absolute Gasteiger partial charge is 0.332 e. The van der Waals surface area contributed by atoms with Crippen molar-refractivity contribution in [2.75, 3.05) is 16.8 Å². The van der Waals surface area contributed by atoms with Crippen LogP contribution in [-0.2, 0) is 9.59 Å². The standard InChI is InChI=1S/C21H20FN3O4/c1-3-19(27)23-16-8-4-14(5-9-16)18(26)12-24-20(28)13(2)25(21(24)29)17-10-6-15(22)7-11-17/h4-11,13H,3,12H2,1-2H3,(H,23,27)/t13-/m1/s1. The van der Waals surface area contributed by atoms with E-state index >= 15 is 0 Å². The average molecular weight is 397 g/mol. The third kappa shape index (κ3) is 4.16. The van der Waals surface area contributed by atoms with Crippen LogP contribution >= 0.6 is 0 Å². The van der Waals surface area contributed by atoms with E-state index in [0.717, 1.165) is 4.90 Å². The number of carbonyl (C=O) groups excluding carboxylic acids is 4. The first-order chi connectivity index (χ1) is 13.8. The van der Waals surface area contributed by atoms with Crippen LogP contribution in [-0.4, -0.2) is 41.1 Å². The molecule has 0 bridgehead atoms. The molecule has 1 aliphatic rings. The Hall–Kier alpha value is -3.55. The summed E-state index contributed by atoms with van der Waals surface area (Å²) in [4.78, 5) is 51.4. The molecule has 0 radical (unpaired) electrons. The summed E-state index contributed by atoms with van der Waals surface area (Å²) in [6.45, 7) is 2.88. The molecule has 1 atom stereocenters. The maximum Gasteiger partial charge on any atom is 0.332 e. The number of benzene rings is 2. The van der Waals surface area contributed by atoms with Crippen molar-refractivity contribution < 1.29 is 23.6 Å². The van der Waals surface area contributed by atoms with E-state index in [2.05, 4.69) is 5.32 Å². The second kappa shape index (κ2) is 8.22. The average Bonchev–Trinajstić information content (AvgIpc) is 2.92. The van der Waals surface area contributed by atoms with Crippen molar-refractivity contribution in [1.29, 1.82) is 0 Å². The van der Waals surface area contributed by atoms with E-state index < -0.39 is 36.1 Å². The summed E-state index contributed by atoms with van der Waals surface area (Å²) in [6.07, 6.45) is 0.336. The number of carbonyl (C=O) groups is 4. The summed E-state index contributed by atoms with van der Waals surface area (Å²) >= 11 is 0. The highest BCUT2D eigenvalue weighted by molar-refractivity contribution is 6.16. The lowest BCUT2D eigenvalue weighted by molar-refractivity contribution is -0.126. The molecule has 0 unspecified atom stereocenters. The van der Waals surface area contributed by atoms with Gasteiger partial charge in [0.25, 0.3) is 5.91 Å². The molecule has 29 heavy (non-hydrogen) atoms. The number of Topliss-reactive ketones (excluding diaryl/α,β-unsaturated/α-hetero) is 1. The molecule has 0 aromatic heterocycles. The quantitative estimate of drug-likeness (QED) is 0.599. The van der Waals surface area contributed by atoms with Crippen LogP contribution in [0.3, 0.4) is 0 Å². The van der Waals surface area contributed by atoms with Crippen LogP contribution in [0.1, 0.15) is 30.6 Å². The Morgan fingerprint density at radius 3 is 2.24 bits per heavy atom. The van der Waals surface area contributed by atoms with Crippen LogP contribution in [0, 0.1) is 5.82 Å². The lowest BCUT2D eigenvalue weighted by Crippen LogP contribution is -2.37. The van der Waals surface area contributed by atoms with Crippen molar-refractivity contribution in [2.24, 2.45) is 0 Å². The summed E-state index contributed by atoms with van der Waals surface area (Å²) in [5, 5.41) is 2.68. The van der Waals surface area contributed by atoms with Gasteiger partial charge in [-0.3, -0.25) is 24.2 Å². The molecular weight excluding hydrogens is 377 g/mol. The number of halogens is 1. The van der Waals surface area contributed by atoms with Gasteiger partial charge in [-0.05, 0) is 55.5 Å². The number of amides is 4. The minimum atomic E-state index is -0.799. The third-order valence-electron chi connectivity index (χ3n) is 4.67. The van der Waals surface area contributed by atoms with Crippen LogP contribution in [0.5, 0.6) is 0 Å². The summed E-state index contributed by atoms with van der Waals surface area (Å²) in [5.41, 5.74) is 1.24. The predicted octanol–water partition coefficient (Wildman–Crippen LogP) is 3.21. The molecular formula is C21H20FN3O4. The van der Waals surface area contributed by atoms with Crippen molar-refractivity contribution in [1.82, 2.24) is 4.90 Å². The topological polar surface area (TPSA) is 86.8 Å². The molecule has 3 rings (SSSR count). The van der Waals surface area contributed by atoms with Gasteiger partial charge in [0, 0.05) is 23.4 Å². The van der Waals surface area contributed by atoms with E-state index in [1.807, 2.05) is 0 Å². The van der Waals surface area contributed by atoms with Crippen molar-refractivity contribution in [3.8, 4) is 0 Å². The van der Waals surface area contributed by atoms with Gasteiger partial charge in [-0.2, -0.15) is 0 Å². The van der Waals surface area contributed by atoms with E-state index in [-0.39, 0.29) is 5.91 Å². The molecule has 2 aromatic rings. The number of nitrogens with zero attached hydrogens (tertiary/aromatic N) is 2. The predicted molar refractivity (Wildman–Crippen MR) is 105 cm³/mol. The summed E-state index contributed by atoms with van der Waals surface area (Å²) in [7, 11) is 0. The fourth-order valence-corrected chi connectivity index (χ4v) is 3.03. The molecule has 0 saturated carbocycles. The van der Waals surface area contributed by atoms with Gasteiger partial charge < -0.3 is 5.32 Å².